The minimum Gasteiger partial charge on any atom is -0.493 e. The van der Waals surface area contributed by atoms with Crippen molar-refractivity contribution in [3.8, 4) is 39.6 Å². The molecule has 0 fully saturated rings. The second-order valence-corrected chi connectivity index (χ2v) is 5.86. The molecule has 0 saturated heterocycles. The van der Waals surface area contributed by atoms with Gasteiger partial charge in [0.15, 0.2) is 11.5 Å². The second-order valence-electron chi connectivity index (χ2n) is 5.86. The third-order valence-electron chi connectivity index (χ3n) is 4.34. The molecular weight excluding hydrogens is 358 g/mol. The first-order valence-electron chi connectivity index (χ1n) is 8.55. The number of rotatable bonds is 6. The summed E-state index contributed by atoms with van der Waals surface area (Å²) in [6, 6.07) is 10.9. The average Bonchev–Trinajstić information content (AvgIpc) is 2.77. The summed E-state index contributed by atoms with van der Waals surface area (Å²) in [5, 5.41) is 2.61. The van der Waals surface area contributed by atoms with Crippen molar-refractivity contribution in [3.05, 3.63) is 54.5 Å². The lowest BCUT2D eigenvalue weighted by molar-refractivity contribution is 0.0963. The molecule has 0 spiro atoms. The molecule has 1 aromatic heterocycles. The minimum absolute atomic E-state index is 0.138. The third kappa shape index (κ3) is 3.59. The first kappa shape index (κ1) is 19.2. The van der Waals surface area contributed by atoms with Gasteiger partial charge in [0.1, 0.15) is 6.33 Å². The molecule has 0 unspecified atom stereocenters. The number of benzene rings is 2. The fraction of sp³-hybridized carbons (Fsp3) is 0.190. The van der Waals surface area contributed by atoms with Crippen LogP contribution in [0, 0.1) is 0 Å². The van der Waals surface area contributed by atoms with E-state index in [1.54, 1.807) is 46.7 Å². The summed E-state index contributed by atoms with van der Waals surface area (Å²) in [6.07, 6.45) is 3.22. The number of nitrogens with one attached hydrogen (secondary N) is 1. The standard InChI is InChI=1S/C21H21N3O4/c1-22-21(25)14-7-5-13(6-8-14)16-11-23-12-24-19(16)15-9-17(26-2)20(28-4)18(10-15)27-3/h5-12H,1-4H3,(H,22,25). The Labute approximate surface area is 163 Å². The molecule has 0 aliphatic rings. The number of aromatic nitrogens is 2. The Morgan fingerprint density at radius 3 is 2.11 bits per heavy atom. The maximum absolute atomic E-state index is 11.8. The average molecular weight is 379 g/mol. The Balaban J connectivity index is 2.12. The van der Waals surface area contributed by atoms with E-state index < -0.39 is 0 Å². The van der Waals surface area contributed by atoms with Crippen LogP contribution in [0.2, 0.25) is 0 Å². The predicted molar refractivity (Wildman–Crippen MR) is 106 cm³/mol. The highest BCUT2D eigenvalue weighted by atomic mass is 16.5. The maximum atomic E-state index is 11.8. The molecule has 7 nitrogen and oxygen atoms in total. The number of nitrogens with zero attached hydrogens (tertiary/aromatic N) is 2. The summed E-state index contributed by atoms with van der Waals surface area (Å²) in [4.78, 5) is 20.4. The molecule has 1 amide bonds. The highest BCUT2D eigenvalue weighted by Crippen LogP contribution is 2.42. The van der Waals surface area contributed by atoms with Crippen molar-refractivity contribution in [2.75, 3.05) is 28.4 Å². The Morgan fingerprint density at radius 1 is 0.929 bits per heavy atom. The molecule has 0 bridgehead atoms. The molecule has 3 aromatic rings. The molecule has 0 aliphatic carbocycles. The van der Waals surface area contributed by atoms with E-state index in [1.165, 1.54) is 6.33 Å². The van der Waals surface area contributed by atoms with Gasteiger partial charge in [0, 0.05) is 29.9 Å². The largest absolute Gasteiger partial charge is 0.493 e. The monoisotopic (exact) mass is 379 g/mol. The molecular formula is C21H21N3O4. The van der Waals surface area contributed by atoms with Crippen molar-refractivity contribution in [1.82, 2.24) is 15.3 Å². The lowest BCUT2D eigenvalue weighted by Gasteiger charge is -2.15. The molecule has 3 rings (SSSR count). The van der Waals surface area contributed by atoms with Crippen LogP contribution < -0.4 is 19.5 Å². The Bertz CT molecular complexity index is 962. The molecule has 7 heteroatoms. The van der Waals surface area contributed by atoms with Crippen LogP contribution in [0.5, 0.6) is 17.2 Å². The molecule has 0 saturated carbocycles. The summed E-state index contributed by atoms with van der Waals surface area (Å²) in [5.74, 6) is 1.45. The van der Waals surface area contributed by atoms with Crippen molar-refractivity contribution in [2.45, 2.75) is 0 Å². The van der Waals surface area contributed by atoms with Gasteiger partial charge in [0.25, 0.3) is 5.91 Å². The van der Waals surface area contributed by atoms with Crippen LogP contribution in [-0.2, 0) is 0 Å². The number of hydrogen-bond donors (Lipinski definition) is 1. The zero-order chi connectivity index (χ0) is 20.1. The van der Waals surface area contributed by atoms with Gasteiger partial charge >= 0.3 is 0 Å². The molecule has 2 aromatic carbocycles. The van der Waals surface area contributed by atoms with Crippen LogP contribution in [0.1, 0.15) is 10.4 Å². The molecule has 1 N–H and O–H groups in total. The van der Waals surface area contributed by atoms with E-state index >= 15 is 0 Å². The Morgan fingerprint density at radius 2 is 1.57 bits per heavy atom. The van der Waals surface area contributed by atoms with E-state index in [1.807, 2.05) is 24.3 Å². The molecule has 144 valence electrons. The van der Waals surface area contributed by atoms with Crippen molar-refractivity contribution in [2.24, 2.45) is 0 Å². The number of amides is 1. The maximum Gasteiger partial charge on any atom is 0.251 e. The van der Waals surface area contributed by atoms with Gasteiger partial charge in [-0.2, -0.15) is 0 Å². The van der Waals surface area contributed by atoms with E-state index in [2.05, 4.69) is 15.3 Å². The molecule has 1 heterocycles. The van der Waals surface area contributed by atoms with Gasteiger partial charge < -0.3 is 19.5 Å². The van der Waals surface area contributed by atoms with Crippen LogP contribution in [0.4, 0.5) is 0 Å². The van der Waals surface area contributed by atoms with Crippen LogP contribution >= 0.6 is 0 Å². The van der Waals surface area contributed by atoms with Gasteiger partial charge in [-0.1, -0.05) is 12.1 Å². The quantitative estimate of drug-likeness (QED) is 0.708. The van der Waals surface area contributed by atoms with Crippen molar-refractivity contribution in [3.63, 3.8) is 0 Å². The number of carbonyl (C=O) groups excluding carboxylic acids is 1. The molecule has 0 radical (unpaired) electrons. The van der Waals surface area contributed by atoms with E-state index in [0.717, 1.165) is 16.7 Å². The number of methoxy groups -OCH3 is 3. The first-order valence-corrected chi connectivity index (χ1v) is 8.55. The topological polar surface area (TPSA) is 82.6 Å². The van der Waals surface area contributed by atoms with E-state index in [9.17, 15) is 4.79 Å². The van der Waals surface area contributed by atoms with Crippen molar-refractivity contribution < 1.29 is 19.0 Å². The number of carbonyl (C=O) groups is 1. The summed E-state index contributed by atoms with van der Waals surface area (Å²) in [7, 11) is 6.30. The van der Waals surface area contributed by atoms with Gasteiger partial charge in [-0.15, -0.1) is 0 Å². The van der Waals surface area contributed by atoms with Crippen LogP contribution in [-0.4, -0.2) is 44.3 Å². The smallest absolute Gasteiger partial charge is 0.251 e. The highest BCUT2D eigenvalue weighted by Gasteiger charge is 2.17. The van der Waals surface area contributed by atoms with Crippen LogP contribution in [0.25, 0.3) is 22.4 Å². The number of ether oxygens (including phenoxy) is 3. The fourth-order valence-corrected chi connectivity index (χ4v) is 2.93. The Kier molecular flexibility index (Phi) is 5.74. The first-order chi connectivity index (χ1) is 13.6. The SMILES string of the molecule is CNC(=O)c1ccc(-c2cncnc2-c2cc(OC)c(OC)c(OC)c2)cc1. The lowest BCUT2D eigenvalue weighted by atomic mass is 9.99. The molecule has 0 aliphatic heterocycles. The predicted octanol–water partition coefficient (Wildman–Crippen LogP) is 3.20. The van der Waals surface area contributed by atoms with E-state index in [0.29, 0.717) is 28.5 Å². The number of hydrogen-bond acceptors (Lipinski definition) is 6. The second kappa shape index (κ2) is 8.39. The highest BCUT2D eigenvalue weighted by molar-refractivity contribution is 5.94. The normalized spacial score (nSPS) is 10.3. The van der Waals surface area contributed by atoms with Gasteiger partial charge in [-0.3, -0.25) is 4.79 Å². The summed E-state index contributed by atoms with van der Waals surface area (Å²) in [6.45, 7) is 0. The molecule has 0 atom stereocenters. The van der Waals surface area contributed by atoms with E-state index in [4.69, 9.17) is 14.2 Å². The van der Waals surface area contributed by atoms with Crippen LogP contribution in [0.3, 0.4) is 0 Å². The minimum atomic E-state index is -0.138. The summed E-state index contributed by atoms with van der Waals surface area (Å²) >= 11 is 0. The van der Waals surface area contributed by atoms with Gasteiger partial charge in [0.2, 0.25) is 5.75 Å². The van der Waals surface area contributed by atoms with E-state index in [-0.39, 0.29) is 5.91 Å². The summed E-state index contributed by atoms with van der Waals surface area (Å²) in [5.41, 5.74) is 3.79. The lowest BCUT2D eigenvalue weighted by Crippen LogP contribution is -2.17. The van der Waals surface area contributed by atoms with Gasteiger partial charge in [-0.25, -0.2) is 9.97 Å². The van der Waals surface area contributed by atoms with Gasteiger partial charge in [-0.05, 0) is 29.8 Å². The zero-order valence-corrected chi connectivity index (χ0v) is 16.1. The molecule has 28 heavy (non-hydrogen) atoms. The Hall–Kier alpha value is -3.61. The summed E-state index contributed by atoms with van der Waals surface area (Å²) < 4.78 is 16.3. The van der Waals surface area contributed by atoms with Gasteiger partial charge in [0.05, 0.1) is 27.0 Å². The van der Waals surface area contributed by atoms with Crippen LogP contribution in [0.15, 0.2) is 48.9 Å². The third-order valence-corrected chi connectivity index (χ3v) is 4.34. The zero-order valence-electron chi connectivity index (χ0n) is 16.1. The fourth-order valence-electron chi connectivity index (χ4n) is 2.93. The van der Waals surface area contributed by atoms with Crippen molar-refractivity contribution in [1.29, 1.82) is 0 Å². The van der Waals surface area contributed by atoms with Crippen molar-refractivity contribution >= 4 is 5.91 Å².